The number of nitrogens with one attached hydrogen (secondary N) is 2. The van der Waals surface area contributed by atoms with Gasteiger partial charge in [-0.1, -0.05) is 44.2 Å². The Morgan fingerprint density at radius 2 is 1.61 bits per heavy atom. The van der Waals surface area contributed by atoms with Crippen LogP contribution in [0.3, 0.4) is 0 Å². The Morgan fingerprint density at radius 3 is 2.14 bits per heavy atom. The Labute approximate surface area is 163 Å². The zero-order valence-corrected chi connectivity index (χ0v) is 16.4. The highest BCUT2D eigenvalue weighted by Gasteiger charge is 2.31. The Bertz CT molecular complexity index is 676. The lowest BCUT2D eigenvalue weighted by Gasteiger charge is -2.24. The maximum atomic E-state index is 12.6. The SMILES string of the molecule is COC(=O)C[C@@H](NC(=O)[C@H](NC(=O)OCc1ccccc1)C(C)C)C(=O)OC. The molecule has 0 aromatic heterocycles. The predicted octanol–water partition coefficient (Wildman–Crippen LogP) is 1.16. The van der Waals surface area contributed by atoms with E-state index >= 15 is 0 Å². The predicted molar refractivity (Wildman–Crippen MR) is 99.0 cm³/mol. The van der Waals surface area contributed by atoms with Crippen molar-refractivity contribution in [3.8, 4) is 0 Å². The van der Waals surface area contributed by atoms with Crippen LogP contribution >= 0.6 is 0 Å². The first-order valence-electron chi connectivity index (χ1n) is 8.70. The first-order chi connectivity index (χ1) is 13.3. The molecule has 0 aliphatic rings. The molecule has 0 unspecified atom stereocenters. The summed E-state index contributed by atoms with van der Waals surface area (Å²) in [4.78, 5) is 47.9. The third-order valence-corrected chi connectivity index (χ3v) is 3.84. The van der Waals surface area contributed by atoms with Gasteiger partial charge < -0.3 is 24.8 Å². The number of alkyl carbamates (subject to hydrolysis) is 1. The van der Waals surface area contributed by atoms with E-state index in [1.807, 2.05) is 18.2 Å². The summed E-state index contributed by atoms with van der Waals surface area (Å²) in [7, 11) is 2.30. The maximum Gasteiger partial charge on any atom is 0.408 e. The van der Waals surface area contributed by atoms with Gasteiger partial charge in [0.2, 0.25) is 5.91 Å². The van der Waals surface area contributed by atoms with Crippen molar-refractivity contribution < 1.29 is 33.4 Å². The van der Waals surface area contributed by atoms with Crippen LogP contribution in [0.25, 0.3) is 0 Å². The number of hydrogen-bond acceptors (Lipinski definition) is 7. The summed E-state index contributed by atoms with van der Waals surface area (Å²) in [6, 6.07) is 6.86. The van der Waals surface area contributed by atoms with Crippen molar-refractivity contribution in [1.29, 1.82) is 0 Å². The summed E-state index contributed by atoms with van der Waals surface area (Å²) < 4.78 is 14.2. The molecule has 9 nitrogen and oxygen atoms in total. The molecule has 0 aliphatic heterocycles. The third-order valence-electron chi connectivity index (χ3n) is 3.84. The minimum Gasteiger partial charge on any atom is -0.469 e. The molecule has 0 heterocycles. The van der Waals surface area contributed by atoms with Crippen molar-refractivity contribution in [1.82, 2.24) is 10.6 Å². The Balaban J connectivity index is 2.71. The average molecular weight is 394 g/mol. The molecule has 2 N–H and O–H groups in total. The molecule has 0 radical (unpaired) electrons. The van der Waals surface area contributed by atoms with Crippen LogP contribution in [0.2, 0.25) is 0 Å². The molecule has 0 bridgehead atoms. The summed E-state index contributed by atoms with van der Waals surface area (Å²) in [6.45, 7) is 3.48. The monoisotopic (exact) mass is 394 g/mol. The first-order valence-corrected chi connectivity index (χ1v) is 8.70. The maximum absolute atomic E-state index is 12.6. The van der Waals surface area contributed by atoms with Crippen molar-refractivity contribution in [2.45, 2.75) is 39.0 Å². The van der Waals surface area contributed by atoms with Crippen LogP contribution in [0.1, 0.15) is 25.8 Å². The molecule has 154 valence electrons. The highest BCUT2D eigenvalue weighted by Crippen LogP contribution is 2.06. The first kappa shape index (κ1) is 22.9. The van der Waals surface area contributed by atoms with Gasteiger partial charge in [0, 0.05) is 0 Å². The van der Waals surface area contributed by atoms with Gasteiger partial charge in [-0.3, -0.25) is 9.59 Å². The topological polar surface area (TPSA) is 120 Å². The van der Waals surface area contributed by atoms with E-state index in [0.717, 1.165) is 12.7 Å². The standard InChI is InChI=1S/C19H26N2O7/c1-12(2)16(21-19(25)28-11-13-8-6-5-7-9-13)17(23)20-14(18(24)27-4)10-15(22)26-3/h5-9,12,14,16H,10-11H2,1-4H3,(H,20,23)(H,21,25)/t14-,16-/m1/s1. The van der Waals surface area contributed by atoms with E-state index in [1.54, 1.807) is 26.0 Å². The van der Waals surface area contributed by atoms with E-state index < -0.39 is 42.4 Å². The van der Waals surface area contributed by atoms with Gasteiger partial charge in [-0.2, -0.15) is 0 Å². The zero-order valence-electron chi connectivity index (χ0n) is 16.4. The number of ether oxygens (including phenoxy) is 3. The third kappa shape index (κ3) is 7.65. The fourth-order valence-electron chi connectivity index (χ4n) is 2.27. The summed E-state index contributed by atoms with van der Waals surface area (Å²) in [5.74, 6) is -2.44. The van der Waals surface area contributed by atoms with Gasteiger partial charge >= 0.3 is 18.0 Å². The molecule has 0 spiro atoms. The molecule has 28 heavy (non-hydrogen) atoms. The number of rotatable bonds is 9. The summed E-state index contributed by atoms with van der Waals surface area (Å²) in [5.41, 5.74) is 0.798. The van der Waals surface area contributed by atoms with E-state index in [-0.39, 0.29) is 12.5 Å². The molecule has 0 saturated heterocycles. The van der Waals surface area contributed by atoms with Crippen LogP contribution in [0.5, 0.6) is 0 Å². The summed E-state index contributed by atoms with van der Waals surface area (Å²) in [5, 5.41) is 4.88. The van der Waals surface area contributed by atoms with Crippen molar-refractivity contribution >= 4 is 23.9 Å². The molecule has 1 aromatic rings. The second-order valence-corrected chi connectivity index (χ2v) is 6.29. The molecule has 0 fully saturated rings. The van der Waals surface area contributed by atoms with Crippen LogP contribution in [0.15, 0.2) is 30.3 Å². The number of benzene rings is 1. The van der Waals surface area contributed by atoms with Gasteiger partial charge in [-0.05, 0) is 11.5 Å². The fraction of sp³-hybridized carbons (Fsp3) is 0.474. The fourth-order valence-corrected chi connectivity index (χ4v) is 2.27. The van der Waals surface area contributed by atoms with Gasteiger partial charge in [0.1, 0.15) is 18.7 Å². The molecule has 1 rings (SSSR count). The van der Waals surface area contributed by atoms with E-state index in [0.29, 0.717) is 0 Å². The quantitative estimate of drug-likeness (QED) is 0.476. The molecule has 2 atom stereocenters. The van der Waals surface area contributed by atoms with Crippen molar-refractivity contribution in [2.75, 3.05) is 14.2 Å². The van der Waals surface area contributed by atoms with Gasteiger partial charge in [0.25, 0.3) is 0 Å². The smallest absolute Gasteiger partial charge is 0.408 e. The average Bonchev–Trinajstić information content (AvgIpc) is 2.69. The largest absolute Gasteiger partial charge is 0.469 e. The minimum atomic E-state index is -1.23. The number of hydrogen-bond donors (Lipinski definition) is 2. The highest BCUT2D eigenvalue weighted by atomic mass is 16.5. The summed E-state index contributed by atoms with van der Waals surface area (Å²) >= 11 is 0. The lowest BCUT2D eigenvalue weighted by Crippen LogP contribution is -2.54. The van der Waals surface area contributed by atoms with E-state index in [4.69, 9.17) is 4.74 Å². The van der Waals surface area contributed by atoms with Crippen molar-refractivity contribution in [3.63, 3.8) is 0 Å². The zero-order chi connectivity index (χ0) is 21.1. The van der Waals surface area contributed by atoms with Crippen LogP contribution < -0.4 is 10.6 Å². The lowest BCUT2D eigenvalue weighted by molar-refractivity contribution is -0.151. The van der Waals surface area contributed by atoms with Gasteiger partial charge in [-0.15, -0.1) is 0 Å². The van der Waals surface area contributed by atoms with Gasteiger partial charge in [0.05, 0.1) is 20.6 Å². The van der Waals surface area contributed by atoms with Gasteiger partial charge in [0.15, 0.2) is 0 Å². The number of methoxy groups -OCH3 is 2. The second kappa shape index (κ2) is 11.6. The molecular weight excluding hydrogens is 368 g/mol. The number of carbonyl (C=O) groups excluding carboxylic acids is 4. The van der Waals surface area contributed by atoms with Crippen LogP contribution in [0, 0.1) is 5.92 Å². The molecule has 0 aliphatic carbocycles. The van der Waals surface area contributed by atoms with E-state index in [9.17, 15) is 19.2 Å². The van der Waals surface area contributed by atoms with Crippen LogP contribution in [-0.4, -0.2) is 50.2 Å². The second-order valence-electron chi connectivity index (χ2n) is 6.29. The molecule has 1 aromatic carbocycles. The van der Waals surface area contributed by atoms with E-state index in [1.165, 1.54) is 7.11 Å². The Morgan fingerprint density at radius 1 is 0.964 bits per heavy atom. The van der Waals surface area contributed by atoms with Crippen LogP contribution in [0.4, 0.5) is 4.79 Å². The summed E-state index contributed by atoms with van der Waals surface area (Å²) in [6.07, 6.45) is -1.17. The van der Waals surface area contributed by atoms with Crippen molar-refractivity contribution in [3.05, 3.63) is 35.9 Å². The number of carbonyl (C=O) groups is 4. The lowest BCUT2D eigenvalue weighted by atomic mass is 10.0. The molecule has 0 saturated carbocycles. The minimum absolute atomic E-state index is 0.0479. The molecule has 2 amide bonds. The molecular formula is C19H26N2O7. The number of esters is 2. The Kier molecular flexibility index (Phi) is 9.49. The highest BCUT2D eigenvalue weighted by molar-refractivity contribution is 5.91. The Hall–Kier alpha value is -3.10. The molecule has 9 heteroatoms. The van der Waals surface area contributed by atoms with Crippen LogP contribution in [-0.2, 0) is 35.2 Å². The number of amides is 2. The normalized spacial score (nSPS) is 12.5. The van der Waals surface area contributed by atoms with Crippen molar-refractivity contribution in [2.24, 2.45) is 5.92 Å². The van der Waals surface area contributed by atoms with Gasteiger partial charge in [-0.25, -0.2) is 9.59 Å². The van der Waals surface area contributed by atoms with E-state index in [2.05, 4.69) is 20.1 Å².